The Hall–Kier alpha value is -0.590. The van der Waals surface area contributed by atoms with Gasteiger partial charge in [-0.15, -0.1) is 0 Å². The van der Waals surface area contributed by atoms with E-state index < -0.39 is 0 Å². The van der Waals surface area contributed by atoms with Gasteiger partial charge in [-0.1, -0.05) is 19.8 Å². The number of hydrogen-bond donors (Lipinski definition) is 1. The van der Waals surface area contributed by atoms with E-state index in [2.05, 4.69) is 18.3 Å². The lowest BCUT2D eigenvalue weighted by Gasteiger charge is -2.35. The fourth-order valence-corrected chi connectivity index (χ4v) is 2.59. The summed E-state index contributed by atoms with van der Waals surface area (Å²) in [5.74, 6) is 0.843. The highest BCUT2D eigenvalue weighted by atomic mass is 16.5. The molecule has 0 heterocycles. The smallest absolute Gasteiger partial charge is 0.106 e. The second-order valence-corrected chi connectivity index (χ2v) is 4.85. The van der Waals surface area contributed by atoms with E-state index in [4.69, 9.17) is 4.74 Å². The van der Waals surface area contributed by atoms with Crippen LogP contribution < -0.4 is 5.32 Å². The van der Waals surface area contributed by atoms with Gasteiger partial charge in [0.2, 0.25) is 0 Å². The summed E-state index contributed by atoms with van der Waals surface area (Å²) >= 11 is 0. The minimum absolute atomic E-state index is 0.275. The first-order valence-electron chi connectivity index (χ1n) is 6.41. The Bertz CT molecular complexity index is 227. The first-order valence-corrected chi connectivity index (χ1v) is 6.41. The second-order valence-electron chi connectivity index (χ2n) is 4.85. The molecule has 1 saturated carbocycles. The minimum atomic E-state index is -0.275. The predicted octanol–water partition coefficient (Wildman–Crippen LogP) is 2.48. The number of rotatable bonds is 6. The van der Waals surface area contributed by atoms with Gasteiger partial charge >= 0.3 is 0 Å². The van der Waals surface area contributed by atoms with E-state index in [9.17, 15) is 5.26 Å². The van der Waals surface area contributed by atoms with Crippen molar-refractivity contribution in [2.75, 3.05) is 20.3 Å². The predicted molar refractivity (Wildman–Crippen MR) is 65.1 cm³/mol. The normalized spacial score (nSPS) is 29.9. The maximum absolute atomic E-state index is 9.30. The molecule has 3 nitrogen and oxygen atoms in total. The van der Waals surface area contributed by atoms with Crippen molar-refractivity contribution >= 4 is 0 Å². The van der Waals surface area contributed by atoms with Gasteiger partial charge in [-0.25, -0.2) is 0 Å². The number of methoxy groups -OCH3 is 1. The van der Waals surface area contributed by atoms with Crippen molar-refractivity contribution in [3.8, 4) is 6.07 Å². The molecule has 1 aliphatic rings. The summed E-state index contributed by atoms with van der Waals surface area (Å²) in [5.41, 5.74) is -0.275. The number of hydrogen-bond acceptors (Lipinski definition) is 3. The van der Waals surface area contributed by atoms with Crippen LogP contribution in [0, 0.1) is 17.2 Å². The molecule has 1 N–H and O–H groups in total. The lowest BCUT2D eigenvalue weighted by molar-refractivity contribution is 0.173. The molecule has 0 bridgehead atoms. The van der Waals surface area contributed by atoms with Crippen LogP contribution in [0.15, 0.2) is 0 Å². The molecular weight excluding hydrogens is 200 g/mol. The van der Waals surface area contributed by atoms with Crippen molar-refractivity contribution in [3.05, 3.63) is 0 Å². The van der Waals surface area contributed by atoms with E-state index in [1.807, 2.05) is 0 Å². The van der Waals surface area contributed by atoms with Crippen molar-refractivity contribution in [3.63, 3.8) is 0 Å². The summed E-state index contributed by atoms with van der Waals surface area (Å²) in [6.45, 7) is 3.70. The van der Waals surface area contributed by atoms with Gasteiger partial charge in [-0.05, 0) is 31.6 Å². The Morgan fingerprint density at radius 2 is 2.12 bits per heavy atom. The van der Waals surface area contributed by atoms with Gasteiger partial charge in [0.15, 0.2) is 0 Å². The van der Waals surface area contributed by atoms with E-state index in [1.54, 1.807) is 7.11 Å². The van der Waals surface area contributed by atoms with E-state index >= 15 is 0 Å². The molecule has 0 atom stereocenters. The summed E-state index contributed by atoms with van der Waals surface area (Å²) in [4.78, 5) is 0. The molecule has 0 aromatic heterocycles. The van der Waals surface area contributed by atoms with Crippen molar-refractivity contribution < 1.29 is 4.74 Å². The first kappa shape index (κ1) is 13.5. The van der Waals surface area contributed by atoms with Gasteiger partial charge < -0.3 is 4.74 Å². The van der Waals surface area contributed by atoms with Crippen LogP contribution in [0.25, 0.3) is 0 Å². The molecule has 1 rings (SSSR count). The fourth-order valence-electron chi connectivity index (χ4n) is 2.59. The van der Waals surface area contributed by atoms with Crippen LogP contribution in [0.1, 0.15) is 45.4 Å². The van der Waals surface area contributed by atoms with Gasteiger partial charge in [0, 0.05) is 13.7 Å². The zero-order valence-electron chi connectivity index (χ0n) is 10.6. The van der Waals surface area contributed by atoms with E-state index in [-0.39, 0.29) is 5.54 Å². The Labute approximate surface area is 99.2 Å². The minimum Gasteiger partial charge on any atom is -0.383 e. The van der Waals surface area contributed by atoms with Gasteiger partial charge in [0.05, 0.1) is 12.7 Å². The SMILES string of the molecule is CCCC1CCC(C#N)(NCCOC)CC1. The van der Waals surface area contributed by atoms with Gasteiger partial charge in [0.1, 0.15) is 5.54 Å². The van der Waals surface area contributed by atoms with Crippen molar-refractivity contribution in [1.82, 2.24) is 5.32 Å². The topological polar surface area (TPSA) is 45.0 Å². The molecule has 0 aromatic carbocycles. The summed E-state index contributed by atoms with van der Waals surface area (Å²) < 4.78 is 5.01. The number of nitriles is 1. The highest BCUT2D eigenvalue weighted by molar-refractivity contribution is 5.09. The average Bonchev–Trinajstić information content (AvgIpc) is 2.32. The highest BCUT2D eigenvalue weighted by Gasteiger charge is 2.34. The third kappa shape index (κ3) is 3.77. The van der Waals surface area contributed by atoms with Crippen LogP contribution >= 0.6 is 0 Å². The van der Waals surface area contributed by atoms with Crippen molar-refractivity contribution in [2.45, 2.75) is 51.0 Å². The Morgan fingerprint density at radius 3 is 2.62 bits per heavy atom. The highest BCUT2D eigenvalue weighted by Crippen LogP contribution is 2.33. The van der Waals surface area contributed by atoms with Crippen molar-refractivity contribution in [1.29, 1.82) is 5.26 Å². The molecule has 92 valence electrons. The molecule has 0 amide bonds. The molecule has 0 aliphatic heterocycles. The maximum Gasteiger partial charge on any atom is 0.106 e. The van der Waals surface area contributed by atoms with Gasteiger partial charge in [-0.3, -0.25) is 5.32 Å². The molecule has 1 aliphatic carbocycles. The number of nitrogens with one attached hydrogen (secondary N) is 1. The van der Waals surface area contributed by atoms with E-state index in [0.717, 1.165) is 25.3 Å². The molecule has 3 heteroatoms. The third-order valence-corrected chi connectivity index (χ3v) is 3.64. The first-order chi connectivity index (χ1) is 7.76. The standard InChI is InChI=1S/C13H24N2O/c1-3-4-12-5-7-13(11-14,8-6-12)15-9-10-16-2/h12,15H,3-10H2,1-2H3. The molecule has 0 unspecified atom stereocenters. The molecule has 0 saturated heterocycles. The van der Waals surface area contributed by atoms with Gasteiger partial charge in [0.25, 0.3) is 0 Å². The lowest BCUT2D eigenvalue weighted by Crippen LogP contribution is -2.47. The Balaban J connectivity index is 2.36. The number of ether oxygens (including phenoxy) is 1. The summed E-state index contributed by atoms with van der Waals surface area (Å²) in [7, 11) is 1.69. The van der Waals surface area contributed by atoms with E-state index in [1.165, 1.54) is 25.7 Å². The second kappa shape index (κ2) is 6.88. The van der Waals surface area contributed by atoms with Crippen LogP contribution in [0.4, 0.5) is 0 Å². The Kier molecular flexibility index (Phi) is 5.79. The molecule has 16 heavy (non-hydrogen) atoms. The molecule has 0 radical (unpaired) electrons. The van der Waals surface area contributed by atoms with Crippen LogP contribution in [0.5, 0.6) is 0 Å². The zero-order valence-corrected chi connectivity index (χ0v) is 10.6. The monoisotopic (exact) mass is 224 g/mol. The molecule has 0 spiro atoms. The molecular formula is C13H24N2O. The average molecular weight is 224 g/mol. The maximum atomic E-state index is 9.30. The largest absolute Gasteiger partial charge is 0.383 e. The number of nitrogens with zero attached hydrogens (tertiary/aromatic N) is 1. The third-order valence-electron chi connectivity index (χ3n) is 3.64. The Morgan fingerprint density at radius 1 is 1.44 bits per heavy atom. The van der Waals surface area contributed by atoms with Crippen LogP contribution in [-0.4, -0.2) is 25.8 Å². The quantitative estimate of drug-likeness (QED) is 0.705. The van der Waals surface area contributed by atoms with Crippen LogP contribution in [-0.2, 0) is 4.74 Å². The van der Waals surface area contributed by atoms with E-state index in [0.29, 0.717) is 6.61 Å². The molecule has 0 aromatic rings. The summed E-state index contributed by atoms with van der Waals surface area (Å²) in [6, 6.07) is 2.47. The van der Waals surface area contributed by atoms with Crippen LogP contribution in [0.2, 0.25) is 0 Å². The zero-order chi connectivity index (χ0) is 11.9. The molecule has 1 fully saturated rings. The van der Waals surface area contributed by atoms with Crippen LogP contribution in [0.3, 0.4) is 0 Å². The fraction of sp³-hybridized carbons (Fsp3) is 0.923. The summed E-state index contributed by atoms with van der Waals surface area (Å²) in [5, 5.41) is 12.7. The van der Waals surface area contributed by atoms with Gasteiger partial charge in [-0.2, -0.15) is 5.26 Å². The lowest BCUT2D eigenvalue weighted by atomic mass is 9.76. The van der Waals surface area contributed by atoms with Crippen molar-refractivity contribution in [2.24, 2.45) is 5.92 Å². The summed E-state index contributed by atoms with van der Waals surface area (Å²) in [6.07, 6.45) is 6.97.